The van der Waals surface area contributed by atoms with Crippen LogP contribution in [-0.4, -0.2) is 21.6 Å². The van der Waals surface area contributed by atoms with E-state index in [0.29, 0.717) is 23.0 Å². The number of aryl methyl sites for hydroxylation is 2. The normalized spacial score (nSPS) is 15.2. The van der Waals surface area contributed by atoms with Crippen LogP contribution in [0.5, 0.6) is 11.5 Å². The third-order valence-electron chi connectivity index (χ3n) is 15.8. The predicted molar refractivity (Wildman–Crippen MR) is 297 cm³/mol. The molecule has 0 amide bonds. The zero-order valence-electron chi connectivity index (χ0n) is 42.5. The smallest absolute Gasteiger partial charge is 0.207 e. The SMILES string of the molecule is CCCCCCCCOc1cc2c(cc1OCCCCCCCC)[C@@]1(c3cc(-c4ccccc4)ccc3-c3ccc(-c4ccc5c(c4)S(=O)(=O)c4cc(-c6ccccc6)ccc4-5)cc31)c1cc(C)c(C)cc1-2. The van der Waals surface area contributed by atoms with E-state index in [1.165, 1.54) is 113 Å². The van der Waals surface area contributed by atoms with Crippen LogP contribution in [0.2, 0.25) is 0 Å². The molecule has 11 rings (SSSR count). The van der Waals surface area contributed by atoms with Gasteiger partial charge in [-0.1, -0.05) is 199 Å². The molecule has 3 aliphatic rings. The summed E-state index contributed by atoms with van der Waals surface area (Å²) in [6.07, 6.45) is 14.3. The van der Waals surface area contributed by atoms with E-state index in [1.54, 1.807) is 0 Å². The highest BCUT2D eigenvalue weighted by atomic mass is 32.2. The van der Waals surface area contributed by atoms with Crippen molar-refractivity contribution in [3.05, 3.63) is 191 Å². The van der Waals surface area contributed by atoms with E-state index in [1.807, 2.05) is 60.7 Å². The summed E-state index contributed by atoms with van der Waals surface area (Å²) < 4.78 is 42.9. The summed E-state index contributed by atoms with van der Waals surface area (Å²) in [6, 6.07) is 55.8. The highest BCUT2D eigenvalue weighted by Gasteiger charge is 2.53. The number of ether oxygens (including phenoxy) is 2. The molecule has 8 aromatic rings. The molecule has 0 fully saturated rings. The second kappa shape index (κ2) is 20.1. The van der Waals surface area contributed by atoms with Crippen molar-refractivity contribution >= 4 is 9.84 Å². The predicted octanol–water partition coefficient (Wildman–Crippen LogP) is 17.9. The van der Waals surface area contributed by atoms with E-state index < -0.39 is 15.3 Å². The number of fused-ring (bicyclic) bond motifs is 13. The summed E-state index contributed by atoms with van der Waals surface area (Å²) in [5, 5.41) is 0. The lowest BCUT2D eigenvalue weighted by Crippen LogP contribution is -2.26. The molecule has 1 aliphatic heterocycles. The minimum absolute atomic E-state index is 0.356. The van der Waals surface area contributed by atoms with Gasteiger partial charge in [0.2, 0.25) is 9.84 Å². The van der Waals surface area contributed by atoms with Crippen LogP contribution in [0, 0.1) is 13.8 Å². The first kappa shape index (κ1) is 47.6. The lowest BCUT2D eigenvalue weighted by molar-refractivity contribution is 0.258. The van der Waals surface area contributed by atoms with Gasteiger partial charge in [0, 0.05) is 11.1 Å². The second-order valence-electron chi connectivity index (χ2n) is 20.5. The summed E-state index contributed by atoms with van der Waals surface area (Å²) in [6.45, 7) is 10.3. The molecule has 0 aromatic heterocycles. The Morgan fingerprint density at radius 2 is 0.750 bits per heavy atom. The molecule has 8 aromatic carbocycles. The monoisotopic (exact) mass is 966 g/mol. The van der Waals surface area contributed by atoms with Crippen molar-refractivity contribution in [2.24, 2.45) is 0 Å². The van der Waals surface area contributed by atoms with Crippen LogP contribution in [0.25, 0.3) is 66.8 Å². The third kappa shape index (κ3) is 8.38. The molecular weight excluding hydrogens is 901 g/mol. The Kier molecular flexibility index (Phi) is 13.3. The molecule has 0 unspecified atom stereocenters. The Hall–Kier alpha value is -6.69. The van der Waals surface area contributed by atoms with Crippen LogP contribution in [0.1, 0.15) is 124 Å². The van der Waals surface area contributed by atoms with Gasteiger partial charge in [-0.3, -0.25) is 0 Å². The maximum Gasteiger partial charge on any atom is 0.207 e. The van der Waals surface area contributed by atoms with Crippen molar-refractivity contribution in [1.82, 2.24) is 0 Å². The molecule has 0 bridgehead atoms. The van der Waals surface area contributed by atoms with Gasteiger partial charge in [0.05, 0.1) is 28.4 Å². The third-order valence-corrected chi connectivity index (χ3v) is 17.7. The van der Waals surface area contributed by atoms with Crippen molar-refractivity contribution in [3.8, 4) is 78.3 Å². The summed E-state index contributed by atoms with van der Waals surface area (Å²) in [7, 11) is -3.79. The Morgan fingerprint density at radius 1 is 0.361 bits per heavy atom. The van der Waals surface area contributed by atoms with Crippen LogP contribution in [-0.2, 0) is 15.3 Å². The molecule has 0 radical (unpaired) electrons. The summed E-state index contributed by atoms with van der Waals surface area (Å²) in [4.78, 5) is 0.720. The van der Waals surface area contributed by atoms with Gasteiger partial charge in [-0.05, 0) is 152 Å². The fraction of sp³-hybridized carbons (Fsp3) is 0.284. The van der Waals surface area contributed by atoms with Gasteiger partial charge in [0.15, 0.2) is 11.5 Å². The van der Waals surface area contributed by atoms with Gasteiger partial charge in [-0.15, -0.1) is 0 Å². The van der Waals surface area contributed by atoms with E-state index in [0.717, 1.165) is 76.1 Å². The van der Waals surface area contributed by atoms with E-state index in [-0.39, 0.29) is 0 Å². The molecule has 4 nitrogen and oxygen atoms in total. The molecule has 1 atom stereocenters. The Labute approximate surface area is 428 Å². The standard InChI is InChI=1S/C67H66O4S/c1-5-7-9-11-13-21-35-70-63-43-58-57-37-45(3)46(4)38-59(57)67(62(58)44-64(63)71-36-22-14-12-10-8-6-2)60-39-49(47-23-17-15-18-24-47)27-31-53(60)54-32-28-50(40-61(54)67)52-30-34-56-55-33-29-51(48-25-19-16-20-26-48)41-65(55)72(68,69)66(56)42-52/h15-20,23-34,37-44H,5-14,21-22,35-36H2,1-4H3/t67-/m1/s1. The number of sulfone groups is 1. The van der Waals surface area contributed by atoms with Gasteiger partial charge >= 0.3 is 0 Å². The minimum atomic E-state index is -3.79. The average molecular weight is 967 g/mol. The Balaban J connectivity index is 1.07. The Bertz CT molecular complexity index is 3430. The topological polar surface area (TPSA) is 52.6 Å². The summed E-state index contributed by atoms with van der Waals surface area (Å²) in [5.41, 5.74) is 19.0. The van der Waals surface area contributed by atoms with Crippen LogP contribution < -0.4 is 9.47 Å². The first-order chi connectivity index (χ1) is 35.2. The highest BCUT2D eigenvalue weighted by molar-refractivity contribution is 7.92. The first-order valence-corrected chi connectivity index (χ1v) is 28.2. The van der Waals surface area contributed by atoms with Crippen molar-refractivity contribution in [1.29, 1.82) is 0 Å². The lowest BCUT2D eigenvalue weighted by Gasteiger charge is -2.32. The molecular formula is C67H66O4S. The van der Waals surface area contributed by atoms with Gasteiger partial charge in [0.25, 0.3) is 0 Å². The van der Waals surface area contributed by atoms with E-state index in [9.17, 15) is 8.42 Å². The van der Waals surface area contributed by atoms with E-state index >= 15 is 0 Å². The van der Waals surface area contributed by atoms with Crippen molar-refractivity contribution < 1.29 is 17.9 Å². The van der Waals surface area contributed by atoms with Crippen molar-refractivity contribution in [2.45, 2.75) is 120 Å². The largest absolute Gasteiger partial charge is 0.490 e. The highest BCUT2D eigenvalue weighted by Crippen LogP contribution is 2.65. The maximum atomic E-state index is 14.6. The maximum absolute atomic E-state index is 14.6. The fourth-order valence-corrected chi connectivity index (χ4v) is 13.6. The molecule has 72 heavy (non-hydrogen) atoms. The number of benzene rings is 8. The Morgan fingerprint density at radius 3 is 1.28 bits per heavy atom. The molecule has 364 valence electrons. The van der Waals surface area contributed by atoms with Crippen molar-refractivity contribution in [2.75, 3.05) is 13.2 Å². The number of hydrogen-bond donors (Lipinski definition) is 0. The van der Waals surface area contributed by atoms with Gasteiger partial charge in [-0.2, -0.15) is 0 Å². The lowest BCUT2D eigenvalue weighted by atomic mass is 9.69. The van der Waals surface area contributed by atoms with E-state index in [4.69, 9.17) is 9.47 Å². The molecule has 0 saturated heterocycles. The molecule has 2 aliphatic carbocycles. The van der Waals surface area contributed by atoms with Gasteiger partial charge in [-0.25, -0.2) is 8.42 Å². The molecule has 1 spiro atoms. The quantitative estimate of drug-likeness (QED) is 0.0758. The fourth-order valence-electron chi connectivity index (χ4n) is 11.9. The minimum Gasteiger partial charge on any atom is -0.490 e. The molecule has 1 heterocycles. The average Bonchev–Trinajstić information content (AvgIpc) is 3.94. The van der Waals surface area contributed by atoms with Gasteiger partial charge in [0.1, 0.15) is 0 Å². The summed E-state index contributed by atoms with van der Waals surface area (Å²) >= 11 is 0. The first-order valence-electron chi connectivity index (χ1n) is 26.7. The molecule has 5 heteroatoms. The van der Waals surface area contributed by atoms with Crippen LogP contribution in [0.4, 0.5) is 0 Å². The van der Waals surface area contributed by atoms with Gasteiger partial charge < -0.3 is 9.47 Å². The van der Waals surface area contributed by atoms with Crippen molar-refractivity contribution in [3.63, 3.8) is 0 Å². The number of rotatable bonds is 19. The number of unbranched alkanes of at least 4 members (excludes halogenated alkanes) is 10. The second-order valence-corrected chi connectivity index (χ2v) is 22.4. The zero-order chi connectivity index (χ0) is 49.4. The molecule has 0 N–H and O–H groups in total. The summed E-state index contributed by atoms with van der Waals surface area (Å²) in [5.74, 6) is 1.62. The van der Waals surface area contributed by atoms with Crippen LogP contribution in [0.3, 0.4) is 0 Å². The number of hydrogen-bond acceptors (Lipinski definition) is 4. The molecule has 0 saturated carbocycles. The van der Waals surface area contributed by atoms with Crippen LogP contribution in [0.15, 0.2) is 168 Å². The van der Waals surface area contributed by atoms with Crippen LogP contribution >= 0.6 is 0 Å². The zero-order valence-corrected chi connectivity index (χ0v) is 43.3. The van der Waals surface area contributed by atoms with E-state index in [2.05, 4.69) is 125 Å².